The molecule has 0 bridgehead atoms. The molecule has 0 unspecified atom stereocenters. The fourth-order valence-corrected chi connectivity index (χ4v) is 4.36. The van der Waals surface area contributed by atoms with Crippen LogP contribution in [0.4, 0.5) is 0 Å². The van der Waals surface area contributed by atoms with Crippen LogP contribution in [-0.4, -0.2) is 48.8 Å². The van der Waals surface area contributed by atoms with Crippen LogP contribution < -0.4 is 14.9 Å². The molecular formula is C26H28N2O7. The monoisotopic (exact) mass is 480 g/mol. The van der Waals surface area contributed by atoms with E-state index in [0.29, 0.717) is 35.9 Å². The lowest BCUT2D eigenvalue weighted by molar-refractivity contribution is -0.140. The van der Waals surface area contributed by atoms with E-state index < -0.39 is 23.1 Å². The topological polar surface area (TPSA) is 111 Å². The molecule has 3 aromatic rings. The number of methoxy groups -OCH3 is 3. The number of rotatable bonds is 8. The Balaban J connectivity index is 1.63. The van der Waals surface area contributed by atoms with Gasteiger partial charge < -0.3 is 23.7 Å². The van der Waals surface area contributed by atoms with E-state index in [9.17, 15) is 14.7 Å². The molecule has 3 heterocycles. The number of nitrogens with zero attached hydrogens (tertiary/aromatic N) is 2. The summed E-state index contributed by atoms with van der Waals surface area (Å²) < 4.78 is 21.7. The fraction of sp³-hybridized carbons (Fsp3) is 0.346. The minimum atomic E-state index is -0.720. The largest absolute Gasteiger partial charge is 0.502 e. The molecule has 0 saturated carbocycles. The molecule has 1 aromatic carbocycles. The van der Waals surface area contributed by atoms with E-state index >= 15 is 0 Å². The van der Waals surface area contributed by atoms with Gasteiger partial charge in [0, 0.05) is 31.5 Å². The molecular weight excluding hydrogens is 452 g/mol. The Hall–Kier alpha value is -3.85. The Morgan fingerprint density at radius 1 is 1.17 bits per heavy atom. The quantitative estimate of drug-likeness (QED) is 0.486. The number of aromatic nitrogens is 1. The molecule has 184 valence electrons. The zero-order valence-electron chi connectivity index (χ0n) is 19.9. The second-order valence-electron chi connectivity index (χ2n) is 8.35. The second kappa shape index (κ2) is 10.6. The summed E-state index contributed by atoms with van der Waals surface area (Å²) in [7, 11) is 4.50. The Morgan fingerprint density at radius 3 is 2.57 bits per heavy atom. The Labute approximate surface area is 202 Å². The molecule has 9 nitrogen and oxygen atoms in total. The van der Waals surface area contributed by atoms with Crippen LogP contribution in [0.1, 0.15) is 40.5 Å². The van der Waals surface area contributed by atoms with Crippen molar-refractivity contribution in [2.24, 2.45) is 0 Å². The van der Waals surface area contributed by atoms with Gasteiger partial charge in [0.05, 0.1) is 40.2 Å². The molecule has 1 atom stereocenters. The summed E-state index contributed by atoms with van der Waals surface area (Å²) in [6.45, 7) is 1.73. The predicted octanol–water partition coefficient (Wildman–Crippen LogP) is 3.01. The number of esters is 1. The number of fused-ring (bicyclic) bond motifs is 1. The van der Waals surface area contributed by atoms with E-state index in [-0.39, 0.29) is 12.2 Å². The second-order valence-corrected chi connectivity index (χ2v) is 8.35. The maximum Gasteiger partial charge on any atom is 0.306 e. The molecule has 0 saturated heterocycles. The van der Waals surface area contributed by atoms with E-state index in [1.54, 1.807) is 38.7 Å². The van der Waals surface area contributed by atoms with Crippen molar-refractivity contribution in [2.45, 2.75) is 31.8 Å². The van der Waals surface area contributed by atoms with Gasteiger partial charge in [-0.05, 0) is 41.3 Å². The Morgan fingerprint density at radius 2 is 1.91 bits per heavy atom. The highest BCUT2D eigenvalue weighted by atomic mass is 16.5. The third-order valence-electron chi connectivity index (χ3n) is 6.18. The van der Waals surface area contributed by atoms with Gasteiger partial charge in [0.15, 0.2) is 17.3 Å². The number of carbonyl (C=O) groups is 1. The number of pyridine rings is 1. The maximum atomic E-state index is 12.7. The highest BCUT2D eigenvalue weighted by molar-refractivity contribution is 5.71. The highest BCUT2D eigenvalue weighted by Gasteiger charge is 2.27. The molecule has 4 rings (SSSR count). The molecule has 2 aromatic heterocycles. The van der Waals surface area contributed by atoms with Crippen molar-refractivity contribution in [3.05, 3.63) is 81.2 Å². The maximum absolute atomic E-state index is 12.7. The van der Waals surface area contributed by atoms with Crippen LogP contribution >= 0.6 is 0 Å². The number of hydrogen-bond acceptors (Lipinski definition) is 9. The summed E-state index contributed by atoms with van der Waals surface area (Å²) in [6.07, 6.45) is 3.86. The zero-order valence-corrected chi connectivity index (χ0v) is 19.9. The van der Waals surface area contributed by atoms with Crippen molar-refractivity contribution in [1.82, 2.24) is 9.88 Å². The summed E-state index contributed by atoms with van der Waals surface area (Å²) in [5.74, 6) is 0.0352. The van der Waals surface area contributed by atoms with Crippen molar-refractivity contribution in [3.63, 3.8) is 0 Å². The first kappa shape index (κ1) is 24.3. The number of hydrogen-bond donors (Lipinski definition) is 1. The minimum absolute atomic E-state index is 0.0229. The Bertz CT molecular complexity index is 1260. The van der Waals surface area contributed by atoms with Gasteiger partial charge in [0.1, 0.15) is 5.76 Å². The number of carbonyl (C=O) groups excluding carboxylic acids is 1. The number of aromatic hydroxyl groups is 1. The van der Waals surface area contributed by atoms with Crippen LogP contribution in [0.2, 0.25) is 0 Å². The van der Waals surface area contributed by atoms with E-state index in [4.69, 9.17) is 18.6 Å². The molecule has 0 spiro atoms. The van der Waals surface area contributed by atoms with Crippen LogP contribution in [0.15, 0.2) is 51.9 Å². The lowest BCUT2D eigenvalue weighted by Crippen LogP contribution is -2.30. The smallest absolute Gasteiger partial charge is 0.306 e. The van der Waals surface area contributed by atoms with Crippen molar-refractivity contribution < 1.29 is 28.5 Å². The van der Waals surface area contributed by atoms with Crippen LogP contribution in [0.3, 0.4) is 0 Å². The van der Waals surface area contributed by atoms with Gasteiger partial charge in [0.25, 0.3) is 0 Å². The van der Waals surface area contributed by atoms with Crippen molar-refractivity contribution in [1.29, 1.82) is 0 Å². The molecule has 9 heteroatoms. The van der Waals surface area contributed by atoms with Gasteiger partial charge in [-0.15, -0.1) is 0 Å². The first-order chi connectivity index (χ1) is 16.9. The SMILES string of the molecule is COC(=O)C[C@H](c1cccnc1)c1oc(CN2CCc3cc(OC)c(OC)cc3C2)cc(=O)c1O. The van der Waals surface area contributed by atoms with Gasteiger partial charge in [-0.3, -0.25) is 19.5 Å². The van der Waals surface area contributed by atoms with E-state index in [1.807, 2.05) is 12.1 Å². The molecule has 35 heavy (non-hydrogen) atoms. The third kappa shape index (κ3) is 5.30. The molecule has 0 fully saturated rings. The van der Waals surface area contributed by atoms with Gasteiger partial charge in [-0.25, -0.2) is 0 Å². The standard InChI is InChI=1S/C26H28N2O7/c1-32-22-9-16-6-8-28(14-18(16)10-23(22)33-2)15-19-11-21(29)25(31)26(35-19)20(12-24(30)34-3)17-5-4-7-27-13-17/h4-5,7,9-11,13,20,31H,6,8,12,14-15H2,1-3H3/t20-/m1/s1. The lowest BCUT2D eigenvalue weighted by Gasteiger charge is -2.29. The van der Waals surface area contributed by atoms with Crippen LogP contribution in [-0.2, 0) is 29.0 Å². The summed E-state index contributed by atoms with van der Waals surface area (Å²) in [4.78, 5) is 31.0. The third-order valence-corrected chi connectivity index (χ3v) is 6.18. The van der Waals surface area contributed by atoms with E-state index in [1.165, 1.54) is 18.7 Å². The molecule has 1 N–H and O–H groups in total. The van der Waals surface area contributed by atoms with E-state index in [2.05, 4.69) is 9.88 Å². The zero-order chi connectivity index (χ0) is 24.9. The summed E-state index contributed by atoms with van der Waals surface area (Å²) in [5, 5.41) is 10.6. The van der Waals surface area contributed by atoms with Crippen molar-refractivity contribution >= 4 is 5.97 Å². The average molecular weight is 481 g/mol. The normalized spacial score (nSPS) is 14.1. The predicted molar refractivity (Wildman–Crippen MR) is 127 cm³/mol. The van der Waals surface area contributed by atoms with Gasteiger partial charge >= 0.3 is 5.97 Å². The van der Waals surface area contributed by atoms with Crippen LogP contribution in [0.25, 0.3) is 0 Å². The first-order valence-corrected chi connectivity index (χ1v) is 11.2. The lowest BCUT2D eigenvalue weighted by atomic mass is 9.93. The van der Waals surface area contributed by atoms with Crippen LogP contribution in [0, 0.1) is 0 Å². The van der Waals surface area contributed by atoms with Crippen molar-refractivity contribution in [2.75, 3.05) is 27.9 Å². The summed E-state index contributed by atoms with van der Waals surface area (Å²) >= 11 is 0. The van der Waals surface area contributed by atoms with Crippen molar-refractivity contribution in [3.8, 4) is 17.2 Å². The molecule has 1 aliphatic rings. The molecule has 0 radical (unpaired) electrons. The minimum Gasteiger partial charge on any atom is -0.502 e. The summed E-state index contributed by atoms with van der Waals surface area (Å²) in [6, 6.07) is 8.73. The van der Waals surface area contributed by atoms with Gasteiger partial charge in [-0.1, -0.05) is 6.07 Å². The van der Waals surface area contributed by atoms with Gasteiger partial charge in [0.2, 0.25) is 11.2 Å². The van der Waals surface area contributed by atoms with E-state index in [0.717, 1.165) is 18.5 Å². The number of ether oxygens (including phenoxy) is 3. The Kier molecular flexibility index (Phi) is 7.36. The highest BCUT2D eigenvalue weighted by Crippen LogP contribution is 2.35. The average Bonchev–Trinajstić information content (AvgIpc) is 2.88. The number of benzene rings is 1. The summed E-state index contributed by atoms with van der Waals surface area (Å²) in [5.41, 5.74) is 2.35. The van der Waals surface area contributed by atoms with Gasteiger partial charge in [-0.2, -0.15) is 0 Å². The molecule has 0 aliphatic carbocycles. The van der Waals surface area contributed by atoms with Crippen LogP contribution in [0.5, 0.6) is 17.2 Å². The fourth-order valence-electron chi connectivity index (χ4n) is 4.36. The molecule has 1 aliphatic heterocycles. The first-order valence-electron chi connectivity index (χ1n) is 11.2. The molecule has 0 amide bonds.